The van der Waals surface area contributed by atoms with Crippen molar-refractivity contribution in [2.24, 2.45) is 0 Å². The first-order chi connectivity index (χ1) is 11.9. The molecule has 134 valence electrons. The summed E-state index contributed by atoms with van der Waals surface area (Å²) < 4.78 is 25.9. The Balaban J connectivity index is 1.80. The first-order valence-corrected chi connectivity index (χ1v) is 10.3. The molecule has 0 saturated carbocycles. The fourth-order valence-corrected chi connectivity index (χ4v) is 4.38. The summed E-state index contributed by atoms with van der Waals surface area (Å²) in [6.45, 7) is 8.34. The zero-order valence-corrected chi connectivity index (χ0v) is 15.5. The molecular weight excluding hydrogens is 336 g/mol. The fourth-order valence-electron chi connectivity index (χ4n) is 3.45. The number of sulfone groups is 1. The number of likely N-dealkylation sites (tertiary alicyclic amines) is 1. The van der Waals surface area contributed by atoms with Crippen LogP contribution >= 0.6 is 0 Å². The van der Waals surface area contributed by atoms with Crippen molar-refractivity contribution in [3.63, 3.8) is 0 Å². The third-order valence-corrected chi connectivity index (χ3v) is 5.83. The Kier molecular flexibility index (Phi) is 5.06. The third-order valence-electron chi connectivity index (χ3n) is 4.69. The fraction of sp³-hybridized carbons (Fsp3) is 0.444. The minimum Gasteiger partial charge on any atom is -0.298 e. The molecule has 3 heterocycles. The number of nitrogens with zero attached hydrogens (tertiary/aromatic N) is 4. The first-order valence-electron chi connectivity index (χ1n) is 8.43. The maximum absolute atomic E-state index is 12.1. The van der Waals surface area contributed by atoms with Gasteiger partial charge in [-0.1, -0.05) is 6.58 Å². The van der Waals surface area contributed by atoms with Gasteiger partial charge >= 0.3 is 0 Å². The molecule has 1 aliphatic rings. The van der Waals surface area contributed by atoms with E-state index in [1.165, 1.54) is 11.8 Å². The molecule has 0 unspecified atom stereocenters. The van der Waals surface area contributed by atoms with Gasteiger partial charge < -0.3 is 0 Å². The molecule has 3 rings (SSSR count). The van der Waals surface area contributed by atoms with Crippen LogP contribution in [0.15, 0.2) is 36.0 Å². The molecule has 0 radical (unpaired) electrons. The zero-order valence-electron chi connectivity index (χ0n) is 14.7. The summed E-state index contributed by atoms with van der Waals surface area (Å²) in [5.74, 6) is 0.134. The lowest BCUT2D eigenvalue weighted by Crippen LogP contribution is -2.34. The molecule has 7 heteroatoms. The highest BCUT2D eigenvalue weighted by Crippen LogP contribution is 2.30. The van der Waals surface area contributed by atoms with Crippen molar-refractivity contribution >= 4 is 16.0 Å². The van der Waals surface area contributed by atoms with E-state index < -0.39 is 9.84 Å². The van der Waals surface area contributed by atoms with Crippen LogP contribution in [0.25, 0.3) is 6.20 Å². The number of piperidine rings is 1. The van der Waals surface area contributed by atoms with Gasteiger partial charge in [0.1, 0.15) is 0 Å². The summed E-state index contributed by atoms with van der Waals surface area (Å²) in [5, 5.41) is 4.40. The average molecular weight is 360 g/mol. The van der Waals surface area contributed by atoms with E-state index in [4.69, 9.17) is 0 Å². The highest BCUT2D eigenvalue weighted by Gasteiger charge is 2.27. The van der Waals surface area contributed by atoms with Crippen LogP contribution in [-0.4, -0.2) is 47.4 Å². The summed E-state index contributed by atoms with van der Waals surface area (Å²) in [6, 6.07) is 3.35. The van der Waals surface area contributed by atoms with Gasteiger partial charge in [-0.05, 0) is 38.4 Å². The second-order valence-electron chi connectivity index (χ2n) is 6.64. The number of hydrogen-bond acceptors (Lipinski definition) is 5. The van der Waals surface area contributed by atoms with Gasteiger partial charge in [0, 0.05) is 49.4 Å². The van der Waals surface area contributed by atoms with Crippen molar-refractivity contribution in [2.45, 2.75) is 37.1 Å². The van der Waals surface area contributed by atoms with E-state index in [2.05, 4.69) is 21.6 Å². The van der Waals surface area contributed by atoms with Crippen LogP contribution in [-0.2, 0) is 16.4 Å². The van der Waals surface area contributed by atoms with E-state index in [1.807, 2.05) is 13.1 Å². The minimum absolute atomic E-state index is 0.134. The average Bonchev–Trinajstić information content (AvgIpc) is 2.94. The SMILES string of the molecule is C=Cn1cc(CN2CCC[C@@H](c3ncccc3S(C)(=O)=O)C2)c(C)n1. The van der Waals surface area contributed by atoms with Crippen LogP contribution in [0.1, 0.15) is 35.7 Å². The van der Waals surface area contributed by atoms with E-state index >= 15 is 0 Å². The Hall–Kier alpha value is -1.99. The van der Waals surface area contributed by atoms with Crippen LogP contribution in [0.2, 0.25) is 0 Å². The summed E-state index contributed by atoms with van der Waals surface area (Å²) in [6.07, 6.45) is 8.60. The Labute approximate surface area is 149 Å². The van der Waals surface area contributed by atoms with Crippen molar-refractivity contribution in [1.29, 1.82) is 0 Å². The van der Waals surface area contributed by atoms with Crippen molar-refractivity contribution in [3.05, 3.63) is 48.1 Å². The molecule has 1 atom stereocenters. The number of hydrogen-bond donors (Lipinski definition) is 0. The van der Waals surface area contributed by atoms with Gasteiger partial charge in [-0.3, -0.25) is 9.88 Å². The predicted octanol–water partition coefficient (Wildman–Crippen LogP) is 2.47. The topological polar surface area (TPSA) is 68.1 Å². The number of rotatable bonds is 5. The maximum Gasteiger partial charge on any atom is 0.177 e. The second-order valence-corrected chi connectivity index (χ2v) is 8.62. The van der Waals surface area contributed by atoms with E-state index in [9.17, 15) is 8.42 Å². The van der Waals surface area contributed by atoms with Gasteiger partial charge in [0.15, 0.2) is 9.84 Å². The first kappa shape index (κ1) is 17.8. The minimum atomic E-state index is -3.27. The van der Waals surface area contributed by atoms with Gasteiger partial charge in [-0.2, -0.15) is 5.10 Å². The quantitative estimate of drug-likeness (QED) is 0.819. The molecule has 2 aromatic rings. The summed E-state index contributed by atoms with van der Waals surface area (Å²) in [5.41, 5.74) is 2.87. The molecule has 0 amide bonds. The van der Waals surface area contributed by atoms with E-state index in [0.29, 0.717) is 10.6 Å². The Morgan fingerprint density at radius 2 is 2.24 bits per heavy atom. The van der Waals surface area contributed by atoms with Crippen LogP contribution in [0.3, 0.4) is 0 Å². The van der Waals surface area contributed by atoms with Crippen LogP contribution in [0.4, 0.5) is 0 Å². The standard InChI is InChI=1S/C18H24N4O2S/c1-4-22-13-16(14(2)20-22)12-21-10-6-7-15(11-21)18-17(25(3,23)24)8-5-9-19-18/h4-5,8-9,13,15H,1,6-7,10-12H2,2-3H3/t15-/m1/s1. The molecule has 6 nitrogen and oxygen atoms in total. The lowest BCUT2D eigenvalue weighted by atomic mass is 9.94. The third kappa shape index (κ3) is 3.99. The van der Waals surface area contributed by atoms with Gasteiger partial charge in [0.2, 0.25) is 0 Å². The second kappa shape index (κ2) is 7.09. The zero-order chi connectivity index (χ0) is 18.0. The van der Waals surface area contributed by atoms with Crippen molar-refractivity contribution in [2.75, 3.05) is 19.3 Å². The normalized spacial score (nSPS) is 19.0. The monoisotopic (exact) mass is 360 g/mol. The van der Waals surface area contributed by atoms with Crippen LogP contribution in [0, 0.1) is 6.92 Å². The molecule has 0 aromatic carbocycles. The molecule has 1 fully saturated rings. The molecular formula is C18H24N4O2S. The number of aromatic nitrogens is 3. The number of aryl methyl sites for hydroxylation is 1. The summed E-state index contributed by atoms with van der Waals surface area (Å²) >= 11 is 0. The highest BCUT2D eigenvalue weighted by molar-refractivity contribution is 7.90. The Morgan fingerprint density at radius 3 is 2.92 bits per heavy atom. The van der Waals surface area contributed by atoms with E-state index in [0.717, 1.165) is 38.2 Å². The molecule has 1 aliphatic heterocycles. The Morgan fingerprint density at radius 1 is 1.44 bits per heavy atom. The Bertz CT molecular complexity index is 873. The van der Waals surface area contributed by atoms with Crippen molar-refractivity contribution in [1.82, 2.24) is 19.7 Å². The maximum atomic E-state index is 12.1. The molecule has 0 bridgehead atoms. The molecule has 1 saturated heterocycles. The molecule has 0 N–H and O–H groups in total. The summed E-state index contributed by atoms with van der Waals surface area (Å²) in [7, 11) is -3.27. The predicted molar refractivity (Wildman–Crippen MR) is 97.9 cm³/mol. The van der Waals surface area contributed by atoms with Crippen molar-refractivity contribution in [3.8, 4) is 0 Å². The highest BCUT2D eigenvalue weighted by atomic mass is 32.2. The van der Waals surface area contributed by atoms with Crippen molar-refractivity contribution < 1.29 is 8.42 Å². The molecule has 25 heavy (non-hydrogen) atoms. The smallest absolute Gasteiger partial charge is 0.177 e. The van der Waals surface area contributed by atoms with Gasteiger partial charge in [-0.25, -0.2) is 13.1 Å². The van der Waals surface area contributed by atoms with Crippen LogP contribution in [0.5, 0.6) is 0 Å². The van der Waals surface area contributed by atoms with Gasteiger partial charge in [0.25, 0.3) is 0 Å². The largest absolute Gasteiger partial charge is 0.298 e. The van der Waals surface area contributed by atoms with E-state index in [-0.39, 0.29) is 5.92 Å². The van der Waals surface area contributed by atoms with Gasteiger partial charge in [0.05, 0.1) is 16.3 Å². The lowest BCUT2D eigenvalue weighted by Gasteiger charge is -2.32. The molecule has 0 aliphatic carbocycles. The van der Waals surface area contributed by atoms with E-state index in [1.54, 1.807) is 29.2 Å². The molecule has 2 aromatic heterocycles. The van der Waals surface area contributed by atoms with Crippen LogP contribution < -0.4 is 0 Å². The van der Waals surface area contributed by atoms with Gasteiger partial charge in [-0.15, -0.1) is 0 Å². The number of pyridine rings is 1. The lowest BCUT2D eigenvalue weighted by molar-refractivity contribution is 0.197. The molecule has 0 spiro atoms. The summed E-state index contributed by atoms with van der Waals surface area (Å²) in [4.78, 5) is 7.12.